The number of halogens is 1. The third kappa shape index (κ3) is 3.87. The summed E-state index contributed by atoms with van der Waals surface area (Å²) in [5.41, 5.74) is 0.356. The smallest absolute Gasteiger partial charge is 0.407 e. The number of anilines is 1. The summed E-state index contributed by atoms with van der Waals surface area (Å²) >= 11 is 6.10. The average Bonchev–Trinajstić information content (AvgIpc) is 2.43. The van der Waals surface area contributed by atoms with Crippen LogP contribution in [0.25, 0.3) is 10.9 Å². The molecule has 3 rings (SSSR count). The maximum Gasteiger partial charge on any atom is 0.407 e. The van der Waals surface area contributed by atoms with E-state index in [0.717, 1.165) is 29.8 Å². The van der Waals surface area contributed by atoms with E-state index in [9.17, 15) is 4.79 Å². The van der Waals surface area contributed by atoms with Gasteiger partial charge in [-0.2, -0.15) is 0 Å². The quantitative estimate of drug-likeness (QED) is 0.862. The van der Waals surface area contributed by atoms with Gasteiger partial charge < -0.3 is 15.0 Å². The number of pyridine rings is 2. The number of fused-ring (bicyclic) bond motifs is 1. The summed E-state index contributed by atoms with van der Waals surface area (Å²) < 4.78 is 5.24. The van der Waals surface area contributed by atoms with Gasteiger partial charge in [0.25, 0.3) is 0 Å². The number of amides is 1. The minimum atomic E-state index is -0.480. The zero-order valence-corrected chi connectivity index (χ0v) is 14.8. The van der Waals surface area contributed by atoms with Crippen molar-refractivity contribution in [2.24, 2.45) is 5.92 Å². The monoisotopic (exact) mass is 348 g/mol. The summed E-state index contributed by atoms with van der Waals surface area (Å²) in [4.78, 5) is 22.6. The minimum Gasteiger partial charge on any atom is -0.444 e. The molecule has 6 nitrogen and oxygen atoms in total. The van der Waals surface area contributed by atoms with Gasteiger partial charge in [-0.1, -0.05) is 11.6 Å². The topological polar surface area (TPSA) is 67.3 Å². The first-order chi connectivity index (χ1) is 11.3. The molecule has 0 spiro atoms. The molecule has 1 saturated heterocycles. The number of rotatable bonds is 3. The van der Waals surface area contributed by atoms with Crippen LogP contribution in [-0.4, -0.2) is 41.3 Å². The molecule has 0 unspecified atom stereocenters. The molecule has 2 aromatic heterocycles. The summed E-state index contributed by atoms with van der Waals surface area (Å²) in [6.45, 7) is 7.76. The van der Waals surface area contributed by atoms with E-state index >= 15 is 0 Å². The molecular weight excluding hydrogens is 328 g/mol. The van der Waals surface area contributed by atoms with E-state index in [1.165, 1.54) is 0 Å². The highest BCUT2D eigenvalue weighted by Crippen LogP contribution is 2.30. The molecule has 0 aliphatic carbocycles. The molecule has 0 saturated carbocycles. The summed E-state index contributed by atoms with van der Waals surface area (Å²) in [6, 6.07) is 5.65. The Labute approximate surface area is 146 Å². The number of aromatic nitrogens is 2. The lowest BCUT2D eigenvalue weighted by atomic mass is 9.99. The van der Waals surface area contributed by atoms with Crippen molar-refractivity contribution < 1.29 is 9.53 Å². The van der Waals surface area contributed by atoms with Crippen molar-refractivity contribution >= 4 is 34.4 Å². The van der Waals surface area contributed by atoms with Gasteiger partial charge in [-0.05, 0) is 32.9 Å². The highest BCUT2D eigenvalue weighted by atomic mass is 35.5. The van der Waals surface area contributed by atoms with Crippen molar-refractivity contribution in [2.45, 2.75) is 26.4 Å². The standard InChI is InChI=1S/C17H21ClN4O2/c1-17(2,3)24-16(23)20-8-11-9-22(10-11)15-12-5-4-6-19-13(12)7-14(18)21-15/h4-7,11H,8-10H2,1-3H3,(H,20,23). The maximum absolute atomic E-state index is 11.7. The molecule has 1 fully saturated rings. The molecule has 0 atom stereocenters. The van der Waals surface area contributed by atoms with Crippen LogP contribution in [0.2, 0.25) is 5.15 Å². The summed E-state index contributed by atoms with van der Waals surface area (Å²) in [5.74, 6) is 1.21. The van der Waals surface area contributed by atoms with Crippen LogP contribution in [0.15, 0.2) is 24.4 Å². The van der Waals surface area contributed by atoms with Crippen LogP contribution in [-0.2, 0) is 4.74 Å². The van der Waals surface area contributed by atoms with Gasteiger partial charge >= 0.3 is 6.09 Å². The molecule has 0 aromatic carbocycles. The SMILES string of the molecule is CC(C)(C)OC(=O)NCC1CN(c2nc(Cl)cc3ncccc23)C1. The van der Waals surface area contributed by atoms with Gasteiger partial charge in [-0.15, -0.1) is 0 Å². The lowest BCUT2D eigenvalue weighted by Crippen LogP contribution is -2.52. The number of hydrogen-bond donors (Lipinski definition) is 1. The third-order valence-electron chi connectivity index (χ3n) is 3.74. The Hall–Kier alpha value is -2.08. The van der Waals surface area contributed by atoms with Crippen molar-refractivity contribution in [2.75, 3.05) is 24.5 Å². The second kappa shape index (κ2) is 6.43. The van der Waals surface area contributed by atoms with Crippen LogP contribution < -0.4 is 10.2 Å². The fraction of sp³-hybridized carbons (Fsp3) is 0.471. The molecule has 1 aliphatic rings. The van der Waals surface area contributed by atoms with Crippen LogP contribution in [0, 0.1) is 5.92 Å². The van der Waals surface area contributed by atoms with Crippen molar-refractivity contribution in [1.29, 1.82) is 0 Å². The van der Waals surface area contributed by atoms with Crippen LogP contribution >= 0.6 is 11.6 Å². The largest absolute Gasteiger partial charge is 0.444 e. The Kier molecular flexibility index (Phi) is 4.49. The number of hydrogen-bond acceptors (Lipinski definition) is 5. The first kappa shape index (κ1) is 16.8. The number of alkyl carbamates (subject to hydrolysis) is 1. The molecule has 128 valence electrons. The van der Waals surface area contributed by atoms with Gasteiger partial charge in [-0.25, -0.2) is 9.78 Å². The van der Waals surface area contributed by atoms with Crippen LogP contribution in [0.1, 0.15) is 20.8 Å². The zero-order valence-electron chi connectivity index (χ0n) is 14.0. The second-order valence-electron chi connectivity index (χ2n) is 6.99. The van der Waals surface area contributed by atoms with E-state index in [1.54, 1.807) is 12.3 Å². The highest BCUT2D eigenvalue weighted by molar-refractivity contribution is 6.30. The second-order valence-corrected chi connectivity index (χ2v) is 7.38. The summed E-state index contributed by atoms with van der Waals surface area (Å²) in [5, 5.41) is 4.24. The Morgan fingerprint density at radius 3 is 2.92 bits per heavy atom. The van der Waals surface area contributed by atoms with E-state index in [-0.39, 0.29) is 6.09 Å². The summed E-state index contributed by atoms with van der Waals surface area (Å²) in [6.07, 6.45) is 1.36. The fourth-order valence-corrected chi connectivity index (χ4v) is 2.87. The normalized spacial score (nSPS) is 15.2. The third-order valence-corrected chi connectivity index (χ3v) is 3.93. The van der Waals surface area contributed by atoms with Gasteiger partial charge in [0.05, 0.1) is 5.52 Å². The first-order valence-corrected chi connectivity index (χ1v) is 8.33. The zero-order chi connectivity index (χ0) is 17.3. The predicted octanol–water partition coefficient (Wildman–Crippen LogP) is 3.24. The molecule has 1 N–H and O–H groups in total. The Morgan fingerprint density at radius 2 is 2.21 bits per heavy atom. The van der Waals surface area contributed by atoms with Gasteiger partial charge in [0, 0.05) is 43.2 Å². The number of nitrogens with one attached hydrogen (secondary N) is 1. The van der Waals surface area contributed by atoms with E-state index < -0.39 is 5.60 Å². The number of nitrogens with zero attached hydrogens (tertiary/aromatic N) is 3. The number of ether oxygens (including phenoxy) is 1. The van der Waals surface area contributed by atoms with Gasteiger partial charge in [0.1, 0.15) is 16.6 Å². The lowest BCUT2D eigenvalue weighted by Gasteiger charge is -2.40. The lowest BCUT2D eigenvalue weighted by molar-refractivity contribution is 0.0516. The number of carbonyl (C=O) groups excluding carboxylic acids is 1. The van der Waals surface area contributed by atoms with E-state index in [4.69, 9.17) is 16.3 Å². The highest BCUT2D eigenvalue weighted by Gasteiger charge is 2.30. The molecule has 24 heavy (non-hydrogen) atoms. The number of carbonyl (C=O) groups is 1. The minimum absolute atomic E-state index is 0.366. The van der Waals surface area contributed by atoms with E-state index in [1.807, 2.05) is 32.9 Å². The van der Waals surface area contributed by atoms with Gasteiger partial charge in [0.15, 0.2) is 0 Å². The predicted molar refractivity (Wildman–Crippen MR) is 94.5 cm³/mol. The summed E-state index contributed by atoms with van der Waals surface area (Å²) in [7, 11) is 0. The van der Waals surface area contributed by atoms with Crippen molar-refractivity contribution in [3.63, 3.8) is 0 Å². The fourth-order valence-electron chi connectivity index (χ4n) is 2.68. The van der Waals surface area contributed by atoms with E-state index in [0.29, 0.717) is 17.6 Å². The van der Waals surface area contributed by atoms with Crippen molar-refractivity contribution in [3.8, 4) is 0 Å². The van der Waals surface area contributed by atoms with E-state index in [2.05, 4.69) is 20.2 Å². The molecule has 1 amide bonds. The van der Waals surface area contributed by atoms with Crippen LogP contribution in [0.3, 0.4) is 0 Å². The van der Waals surface area contributed by atoms with Crippen molar-refractivity contribution in [1.82, 2.24) is 15.3 Å². The molecule has 7 heteroatoms. The van der Waals surface area contributed by atoms with Crippen LogP contribution in [0.5, 0.6) is 0 Å². The molecule has 0 radical (unpaired) electrons. The molecule has 0 bridgehead atoms. The molecule has 1 aliphatic heterocycles. The first-order valence-electron chi connectivity index (χ1n) is 7.95. The van der Waals surface area contributed by atoms with Gasteiger partial charge in [0.2, 0.25) is 0 Å². The van der Waals surface area contributed by atoms with Crippen LogP contribution in [0.4, 0.5) is 10.6 Å². The Morgan fingerprint density at radius 1 is 1.46 bits per heavy atom. The maximum atomic E-state index is 11.7. The molecule has 2 aromatic rings. The Bertz CT molecular complexity index is 754. The Balaban J connectivity index is 1.58. The molecular formula is C17H21ClN4O2. The van der Waals surface area contributed by atoms with Gasteiger partial charge in [-0.3, -0.25) is 4.98 Å². The molecule has 3 heterocycles. The van der Waals surface area contributed by atoms with Crippen molar-refractivity contribution in [3.05, 3.63) is 29.5 Å². The average molecular weight is 349 g/mol.